The summed E-state index contributed by atoms with van der Waals surface area (Å²) in [4.78, 5) is 16.4. The highest BCUT2D eigenvalue weighted by atomic mass is 16.5. The van der Waals surface area contributed by atoms with Crippen molar-refractivity contribution in [2.24, 2.45) is 0 Å². The summed E-state index contributed by atoms with van der Waals surface area (Å²) in [5, 5.41) is 10.8. The van der Waals surface area contributed by atoms with Gasteiger partial charge in [0.15, 0.2) is 0 Å². The molecule has 0 fully saturated rings. The Hall–Kier alpha value is -2.96. The standard InChI is InChI=1S/C15H15N5O2/c1-3-12-10(2)15(22-19-12)18-14(21)11-6-4-5-7-13(11)20-9-16-8-17-20/h4-9H,3H2,1-2H3,(H,18,21). The van der Waals surface area contributed by atoms with E-state index in [0.29, 0.717) is 17.1 Å². The monoisotopic (exact) mass is 297 g/mol. The fourth-order valence-corrected chi connectivity index (χ4v) is 2.18. The number of carbonyl (C=O) groups is 1. The molecule has 0 aliphatic heterocycles. The molecular formula is C15H15N5O2. The van der Waals surface area contributed by atoms with Crippen LogP contribution in [-0.2, 0) is 6.42 Å². The van der Waals surface area contributed by atoms with Crippen molar-refractivity contribution in [3.8, 4) is 5.69 Å². The number of carbonyl (C=O) groups excluding carboxylic acids is 1. The van der Waals surface area contributed by atoms with Gasteiger partial charge in [-0.1, -0.05) is 24.2 Å². The van der Waals surface area contributed by atoms with Gasteiger partial charge in [-0.25, -0.2) is 9.67 Å². The van der Waals surface area contributed by atoms with Crippen LogP contribution in [0.15, 0.2) is 41.4 Å². The highest BCUT2D eigenvalue weighted by Crippen LogP contribution is 2.21. The summed E-state index contributed by atoms with van der Waals surface area (Å²) in [6.45, 7) is 3.85. The van der Waals surface area contributed by atoms with E-state index >= 15 is 0 Å². The highest BCUT2D eigenvalue weighted by molar-refractivity contribution is 6.06. The van der Waals surface area contributed by atoms with Crippen molar-refractivity contribution in [2.45, 2.75) is 20.3 Å². The maximum atomic E-state index is 12.5. The molecule has 0 saturated carbocycles. The molecule has 0 radical (unpaired) electrons. The molecule has 2 heterocycles. The van der Waals surface area contributed by atoms with Crippen LogP contribution in [0.3, 0.4) is 0 Å². The molecule has 1 N–H and O–H groups in total. The second kappa shape index (κ2) is 5.80. The van der Waals surface area contributed by atoms with E-state index in [9.17, 15) is 4.79 Å². The van der Waals surface area contributed by atoms with Gasteiger partial charge < -0.3 is 4.52 Å². The first-order valence-electron chi connectivity index (χ1n) is 6.91. The lowest BCUT2D eigenvalue weighted by molar-refractivity contribution is 0.102. The zero-order valence-electron chi connectivity index (χ0n) is 12.3. The van der Waals surface area contributed by atoms with E-state index in [2.05, 4.69) is 20.6 Å². The molecule has 0 saturated heterocycles. The van der Waals surface area contributed by atoms with E-state index in [1.54, 1.807) is 29.2 Å². The lowest BCUT2D eigenvalue weighted by Crippen LogP contribution is -2.15. The number of hydrogen-bond donors (Lipinski definition) is 1. The molecule has 0 atom stereocenters. The molecule has 1 aromatic carbocycles. The van der Waals surface area contributed by atoms with Crippen molar-refractivity contribution in [1.29, 1.82) is 0 Å². The zero-order valence-corrected chi connectivity index (χ0v) is 12.3. The summed E-state index contributed by atoms with van der Waals surface area (Å²) in [6.07, 6.45) is 3.71. The number of rotatable bonds is 4. The van der Waals surface area contributed by atoms with Crippen LogP contribution in [0.2, 0.25) is 0 Å². The van der Waals surface area contributed by atoms with Crippen LogP contribution in [0.5, 0.6) is 0 Å². The van der Waals surface area contributed by atoms with E-state index in [-0.39, 0.29) is 5.91 Å². The first kappa shape index (κ1) is 14.0. The Morgan fingerprint density at radius 3 is 2.86 bits per heavy atom. The number of hydrogen-bond acceptors (Lipinski definition) is 5. The maximum Gasteiger partial charge on any atom is 0.260 e. The average Bonchev–Trinajstić information content (AvgIpc) is 3.18. The molecule has 3 rings (SSSR count). The minimum absolute atomic E-state index is 0.284. The van der Waals surface area contributed by atoms with Crippen LogP contribution in [0, 0.1) is 6.92 Å². The number of aromatic nitrogens is 4. The minimum Gasteiger partial charge on any atom is -0.338 e. The molecule has 2 aromatic heterocycles. The SMILES string of the molecule is CCc1noc(NC(=O)c2ccccc2-n2cncn2)c1C. The Bertz CT molecular complexity index is 792. The smallest absolute Gasteiger partial charge is 0.260 e. The predicted molar refractivity (Wildman–Crippen MR) is 79.9 cm³/mol. The molecule has 0 aliphatic rings. The van der Waals surface area contributed by atoms with E-state index in [0.717, 1.165) is 17.7 Å². The third kappa shape index (κ3) is 2.48. The second-order valence-corrected chi connectivity index (χ2v) is 4.75. The molecule has 22 heavy (non-hydrogen) atoms. The van der Waals surface area contributed by atoms with Crippen molar-refractivity contribution < 1.29 is 9.32 Å². The van der Waals surface area contributed by atoms with Gasteiger partial charge in [0.25, 0.3) is 5.91 Å². The number of amides is 1. The van der Waals surface area contributed by atoms with Crippen LogP contribution >= 0.6 is 0 Å². The minimum atomic E-state index is -0.284. The summed E-state index contributed by atoms with van der Waals surface area (Å²) < 4.78 is 6.73. The number of nitrogens with zero attached hydrogens (tertiary/aromatic N) is 4. The molecular weight excluding hydrogens is 282 g/mol. The fraction of sp³-hybridized carbons (Fsp3) is 0.200. The van der Waals surface area contributed by atoms with Crippen molar-refractivity contribution in [3.05, 3.63) is 53.7 Å². The number of nitrogens with one attached hydrogen (secondary N) is 1. The molecule has 0 bridgehead atoms. The van der Waals surface area contributed by atoms with Crippen LogP contribution in [0.1, 0.15) is 28.5 Å². The molecule has 1 amide bonds. The summed E-state index contributed by atoms with van der Waals surface area (Å²) >= 11 is 0. The Balaban J connectivity index is 1.91. The van der Waals surface area contributed by atoms with Gasteiger partial charge in [-0.2, -0.15) is 5.10 Å². The second-order valence-electron chi connectivity index (χ2n) is 4.75. The van der Waals surface area contributed by atoms with Crippen LogP contribution < -0.4 is 5.32 Å². The lowest BCUT2D eigenvalue weighted by atomic mass is 10.1. The maximum absolute atomic E-state index is 12.5. The summed E-state index contributed by atoms with van der Waals surface area (Å²) in [5.41, 5.74) is 2.79. The van der Waals surface area contributed by atoms with Gasteiger partial charge in [0.1, 0.15) is 12.7 Å². The van der Waals surface area contributed by atoms with Crippen LogP contribution in [0.25, 0.3) is 5.69 Å². The lowest BCUT2D eigenvalue weighted by Gasteiger charge is -2.08. The van der Waals surface area contributed by atoms with Crippen molar-refractivity contribution in [1.82, 2.24) is 19.9 Å². The summed E-state index contributed by atoms with van der Waals surface area (Å²) in [5.74, 6) is 0.0863. The molecule has 7 nitrogen and oxygen atoms in total. The van der Waals surface area contributed by atoms with Gasteiger partial charge in [-0.15, -0.1) is 0 Å². The molecule has 3 aromatic rings. The number of anilines is 1. The van der Waals surface area contributed by atoms with E-state index < -0.39 is 0 Å². The number of benzene rings is 1. The average molecular weight is 297 g/mol. The molecule has 0 unspecified atom stereocenters. The number of aryl methyl sites for hydroxylation is 1. The Morgan fingerprint density at radius 2 is 2.18 bits per heavy atom. The largest absolute Gasteiger partial charge is 0.338 e. The predicted octanol–water partition coefficient (Wildman–Crippen LogP) is 2.38. The first-order chi connectivity index (χ1) is 10.7. The Kier molecular flexibility index (Phi) is 3.69. The molecule has 112 valence electrons. The Morgan fingerprint density at radius 1 is 1.36 bits per heavy atom. The van der Waals surface area contributed by atoms with Gasteiger partial charge in [-0.05, 0) is 25.5 Å². The molecule has 0 aliphatic carbocycles. The van der Waals surface area contributed by atoms with Gasteiger partial charge >= 0.3 is 0 Å². The van der Waals surface area contributed by atoms with Crippen molar-refractivity contribution >= 4 is 11.8 Å². The highest BCUT2D eigenvalue weighted by Gasteiger charge is 2.17. The van der Waals surface area contributed by atoms with Crippen molar-refractivity contribution in [3.63, 3.8) is 0 Å². The van der Waals surface area contributed by atoms with E-state index in [1.165, 1.54) is 6.33 Å². The third-order valence-corrected chi connectivity index (χ3v) is 3.40. The normalized spacial score (nSPS) is 10.6. The summed E-state index contributed by atoms with van der Waals surface area (Å²) in [6, 6.07) is 7.15. The third-order valence-electron chi connectivity index (χ3n) is 3.40. The number of para-hydroxylation sites is 1. The van der Waals surface area contributed by atoms with Crippen LogP contribution in [0.4, 0.5) is 5.88 Å². The van der Waals surface area contributed by atoms with Crippen molar-refractivity contribution in [2.75, 3.05) is 5.32 Å². The van der Waals surface area contributed by atoms with Crippen LogP contribution in [-0.4, -0.2) is 25.8 Å². The van der Waals surface area contributed by atoms with Gasteiger partial charge in [0.05, 0.1) is 16.9 Å². The van der Waals surface area contributed by atoms with Gasteiger partial charge in [-0.3, -0.25) is 10.1 Å². The first-order valence-corrected chi connectivity index (χ1v) is 6.91. The van der Waals surface area contributed by atoms with E-state index in [4.69, 9.17) is 4.52 Å². The summed E-state index contributed by atoms with van der Waals surface area (Å²) in [7, 11) is 0. The quantitative estimate of drug-likeness (QED) is 0.799. The zero-order chi connectivity index (χ0) is 15.5. The Labute approximate surface area is 127 Å². The van der Waals surface area contributed by atoms with E-state index in [1.807, 2.05) is 19.9 Å². The van der Waals surface area contributed by atoms with Gasteiger partial charge in [0, 0.05) is 5.56 Å². The van der Waals surface area contributed by atoms with Gasteiger partial charge in [0.2, 0.25) is 5.88 Å². The fourth-order valence-electron chi connectivity index (χ4n) is 2.18. The topological polar surface area (TPSA) is 85.8 Å². The molecule has 7 heteroatoms. The molecule has 0 spiro atoms.